The number of hydrogen-bond acceptors (Lipinski definition) is 6. The molecule has 0 atom stereocenters. The van der Waals surface area contributed by atoms with Gasteiger partial charge in [0, 0.05) is 36.7 Å². The van der Waals surface area contributed by atoms with Crippen molar-refractivity contribution in [2.75, 3.05) is 14.1 Å². The van der Waals surface area contributed by atoms with Crippen LogP contribution in [0, 0.1) is 5.92 Å². The fourth-order valence-corrected chi connectivity index (χ4v) is 3.60. The molecule has 2 aromatic heterocycles. The highest BCUT2D eigenvalue weighted by Gasteiger charge is 2.27. The first-order chi connectivity index (χ1) is 11.4. The minimum Gasteiger partial charge on any atom is -0.327 e. The van der Waals surface area contributed by atoms with Crippen LogP contribution in [-0.4, -0.2) is 44.8 Å². The van der Waals surface area contributed by atoms with Crippen molar-refractivity contribution in [1.82, 2.24) is 24.8 Å². The summed E-state index contributed by atoms with van der Waals surface area (Å²) in [5.41, 5.74) is 2.54. The van der Waals surface area contributed by atoms with E-state index in [1.54, 1.807) is 4.90 Å². The molecule has 3 rings (SSSR count). The lowest BCUT2D eigenvalue weighted by Gasteiger charge is -2.13. The maximum Gasteiger partial charge on any atom is 0.273 e. The number of aromatic nitrogens is 3. The molecule has 0 saturated carbocycles. The number of thiazole rings is 1. The predicted molar refractivity (Wildman–Crippen MR) is 93.7 cm³/mol. The molecule has 0 bridgehead atoms. The van der Waals surface area contributed by atoms with Gasteiger partial charge in [-0.2, -0.15) is 0 Å². The number of carbonyl (C=O) groups excluding carboxylic acids is 1. The van der Waals surface area contributed by atoms with Crippen molar-refractivity contribution in [2.45, 2.75) is 39.9 Å². The molecule has 0 aliphatic carbocycles. The fraction of sp³-hybridized carbons (Fsp3) is 0.529. The van der Waals surface area contributed by atoms with E-state index in [0.29, 0.717) is 24.7 Å². The second kappa shape index (κ2) is 6.94. The standard InChI is InChI=1S/C17H23N5OS/c1-11(2)5-15-18-6-12-7-22(8-13(12)19-15)17(23)14-10-24-16(20-14)9-21(3)4/h6,10-11H,5,7-9H2,1-4H3. The Bertz CT molecular complexity index is 740. The van der Waals surface area contributed by atoms with Gasteiger partial charge in [-0.1, -0.05) is 13.8 Å². The van der Waals surface area contributed by atoms with Gasteiger partial charge in [-0.25, -0.2) is 15.0 Å². The molecule has 3 heterocycles. The molecule has 0 fully saturated rings. The monoisotopic (exact) mass is 345 g/mol. The zero-order chi connectivity index (χ0) is 17.3. The largest absolute Gasteiger partial charge is 0.327 e. The summed E-state index contributed by atoms with van der Waals surface area (Å²) in [5.74, 6) is 1.35. The summed E-state index contributed by atoms with van der Waals surface area (Å²) in [6.07, 6.45) is 2.73. The summed E-state index contributed by atoms with van der Waals surface area (Å²) < 4.78 is 0. The molecule has 1 aliphatic rings. The summed E-state index contributed by atoms with van der Waals surface area (Å²) in [5, 5.41) is 2.80. The first kappa shape index (κ1) is 17.0. The Morgan fingerprint density at radius 1 is 1.33 bits per heavy atom. The summed E-state index contributed by atoms with van der Waals surface area (Å²) in [7, 11) is 3.99. The summed E-state index contributed by atoms with van der Waals surface area (Å²) in [6, 6.07) is 0. The Labute approximate surface area is 146 Å². The van der Waals surface area contributed by atoms with E-state index in [4.69, 9.17) is 0 Å². The third-order valence-corrected chi connectivity index (χ3v) is 4.64. The molecule has 0 saturated heterocycles. The van der Waals surface area contributed by atoms with Gasteiger partial charge in [0.25, 0.3) is 5.91 Å². The molecule has 2 aromatic rings. The average molecular weight is 345 g/mol. The second-order valence-electron chi connectivity index (χ2n) is 6.88. The predicted octanol–water partition coefficient (Wildman–Crippen LogP) is 2.35. The molecular weight excluding hydrogens is 322 g/mol. The first-order valence-corrected chi connectivity index (χ1v) is 9.02. The zero-order valence-corrected chi connectivity index (χ0v) is 15.4. The van der Waals surface area contributed by atoms with Crippen LogP contribution in [-0.2, 0) is 26.1 Å². The average Bonchev–Trinajstić information content (AvgIpc) is 3.11. The van der Waals surface area contributed by atoms with Crippen LogP contribution in [0.25, 0.3) is 0 Å². The van der Waals surface area contributed by atoms with Crippen molar-refractivity contribution >= 4 is 17.2 Å². The molecule has 128 valence electrons. The molecule has 0 aromatic carbocycles. The van der Waals surface area contributed by atoms with Gasteiger partial charge < -0.3 is 9.80 Å². The molecule has 1 amide bonds. The lowest BCUT2D eigenvalue weighted by atomic mass is 10.1. The van der Waals surface area contributed by atoms with E-state index in [-0.39, 0.29) is 5.91 Å². The molecule has 24 heavy (non-hydrogen) atoms. The van der Waals surface area contributed by atoms with Crippen molar-refractivity contribution in [1.29, 1.82) is 0 Å². The van der Waals surface area contributed by atoms with Crippen LogP contribution in [0.3, 0.4) is 0 Å². The molecule has 0 radical (unpaired) electrons. The lowest BCUT2D eigenvalue weighted by Crippen LogP contribution is -2.25. The molecule has 7 heteroatoms. The lowest BCUT2D eigenvalue weighted by molar-refractivity contribution is 0.0745. The van der Waals surface area contributed by atoms with E-state index in [2.05, 4.69) is 28.8 Å². The SMILES string of the molecule is CC(C)Cc1ncc2c(n1)CN(C(=O)c1csc(CN(C)C)n1)C2. The van der Waals surface area contributed by atoms with Crippen LogP contribution in [0.15, 0.2) is 11.6 Å². The second-order valence-corrected chi connectivity index (χ2v) is 7.82. The Balaban J connectivity index is 1.70. The van der Waals surface area contributed by atoms with Gasteiger partial charge in [0.15, 0.2) is 0 Å². The van der Waals surface area contributed by atoms with E-state index in [9.17, 15) is 4.79 Å². The number of carbonyl (C=O) groups is 1. The van der Waals surface area contributed by atoms with E-state index in [1.807, 2.05) is 30.6 Å². The molecule has 0 N–H and O–H groups in total. The molecule has 6 nitrogen and oxygen atoms in total. The number of amides is 1. The van der Waals surface area contributed by atoms with E-state index in [0.717, 1.165) is 35.1 Å². The van der Waals surface area contributed by atoms with E-state index >= 15 is 0 Å². The van der Waals surface area contributed by atoms with Gasteiger partial charge in [0.05, 0.1) is 12.2 Å². The Morgan fingerprint density at radius 2 is 2.12 bits per heavy atom. The Kier molecular flexibility index (Phi) is 4.91. The van der Waals surface area contributed by atoms with Crippen molar-refractivity contribution < 1.29 is 4.79 Å². The van der Waals surface area contributed by atoms with Crippen LogP contribution in [0.1, 0.15) is 46.4 Å². The summed E-state index contributed by atoms with van der Waals surface area (Å²) >= 11 is 1.53. The van der Waals surface area contributed by atoms with Crippen LogP contribution in [0.5, 0.6) is 0 Å². The smallest absolute Gasteiger partial charge is 0.273 e. The van der Waals surface area contributed by atoms with Crippen LogP contribution < -0.4 is 0 Å². The van der Waals surface area contributed by atoms with Gasteiger partial charge in [-0.3, -0.25) is 4.79 Å². The molecule has 0 spiro atoms. The van der Waals surface area contributed by atoms with Crippen LogP contribution in [0.2, 0.25) is 0 Å². The van der Waals surface area contributed by atoms with Crippen molar-refractivity contribution in [2.24, 2.45) is 5.92 Å². The fourth-order valence-electron chi connectivity index (χ4n) is 2.72. The zero-order valence-electron chi connectivity index (χ0n) is 14.6. The Morgan fingerprint density at radius 3 is 2.83 bits per heavy atom. The molecular formula is C17H23N5OS. The minimum atomic E-state index is -0.0281. The highest BCUT2D eigenvalue weighted by atomic mass is 32.1. The van der Waals surface area contributed by atoms with Crippen LogP contribution >= 0.6 is 11.3 Å². The number of hydrogen-bond donors (Lipinski definition) is 0. The first-order valence-electron chi connectivity index (χ1n) is 8.14. The number of rotatable bonds is 5. The third kappa shape index (κ3) is 3.79. The summed E-state index contributed by atoms with van der Waals surface area (Å²) in [4.78, 5) is 30.1. The highest BCUT2D eigenvalue weighted by Crippen LogP contribution is 2.23. The molecule has 1 aliphatic heterocycles. The maximum absolute atomic E-state index is 12.7. The van der Waals surface area contributed by atoms with Gasteiger partial charge in [-0.05, 0) is 20.0 Å². The Hall–Kier alpha value is -1.86. The van der Waals surface area contributed by atoms with Crippen LogP contribution in [0.4, 0.5) is 0 Å². The number of nitrogens with zero attached hydrogens (tertiary/aromatic N) is 5. The van der Waals surface area contributed by atoms with Crippen molar-refractivity contribution in [3.8, 4) is 0 Å². The topological polar surface area (TPSA) is 62.2 Å². The van der Waals surface area contributed by atoms with Gasteiger partial charge >= 0.3 is 0 Å². The third-order valence-electron chi connectivity index (χ3n) is 3.81. The summed E-state index contributed by atoms with van der Waals surface area (Å²) in [6.45, 7) is 6.17. The van der Waals surface area contributed by atoms with Gasteiger partial charge in [-0.15, -0.1) is 11.3 Å². The van der Waals surface area contributed by atoms with Crippen molar-refractivity contribution in [3.05, 3.63) is 39.4 Å². The minimum absolute atomic E-state index is 0.0281. The van der Waals surface area contributed by atoms with E-state index in [1.165, 1.54) is 11.3 Å². The highest BCUT2D eigenvalue weighted by molar-refractivity contribution is 7.09. The quantitative estimate of drug-likeness (QED) is 0.832. The van der Waals surface area contributed by atoms with Crippen molar-refractivity contribution in [3.63, 3.8) is 0 Å². The molecule has 0 unspecified atom stereocenters. The van der Waals surface area contributed by atoms with E-state index < -0.39 is 0 Å². The van der Waals surface area contributed by atoms with Gasteiger partial charge in [0.1, 0.15) is 16.5 Å². The maximum atomic E-state index is 12.7. The number of fused-ring (bicyclic) bond motifs is 1. The normalized spacial score (nSPS) is 13.8. The van der Waals surface area contributed by atoms with Gasteiger partial charge in [0.2, 0.25) is 0 Å².